The van der Waals surface area contributed by atoms with E-state index in [1.807, 2.05) is 0 Å². The zero-order valence-electron chi connectivity index (χ0n) is 42.4. The summed E-state index contributed by atoms with van der Waals surface area (Å²) in [5.41, 5.74) is 24.1. The molecule has 5 heteroatoms. The molecule has 0 bridgehead atoms. The Morgan fingerprint density at radius 2 is 1.10 bits per heavy atom. The fourth-order valence-electron chi connectivity index (χ4n) is 12.8. The Balaban J connectivity index is 1.16. The topological polar surface area (TPSA) is 11.4 Å². The summed E-state index contributed by atoms with van der Waals surface area (Å²) in [5, 5.41) is 2.55. The minimum Gasteiger partial charge on any atom is -0.315 e. The Labute approximate surface area is 419 Å². The molecule has 7 aromatic carbocycles. The van der Waals surface area contributed by atoms with Gasteiger partial charge < -0.3 is 14.4 Å². The molecule has 3 aliphatic heterocycles. The molecule has 0 saturated carbocycles. The van der Waals surface area contributed by atoms with Crippen LogP contribution in [-0.4, -0.2) is 11.3 Å². The summed E-state index contributed by atoms with van der Waals surface area (Å²) in [6.45, 7) is 23.7. The Bertz CT molecular complexity index is 3520. The lowest BCUT2D eigenvalue weighted by Crippen LogP contribution is -2.56. The van der Waals surface area contributed by atoms with E-state index in [9.17, 15) is 0 Å². The van der Waals surface area contributed by atoms with Crippen LogP contribution >= 0.6 is 11.8 Å². The molecule has 2 aliphatic carbocycles. The first-order valence-electron chi connectivity index (χ1n) is 25.6. The summed E-state index contributed by atoms with van der Waals surface area (Å²) in [7, 11) is 0. The zero-order valence-corrected chi connectivity index (χ0v) is 43.2. The number of aromatic nitrogens is 1. The van der Waals surface area contributed by atoms with Gasteiger partial charge in [0.05, 0.1) is 21.5 Å². The fraction of sp³-hybridized carbons (Fsp3) is 0.262. The smallest absolute Gasteiger partial charge is 0.259 e. The number of rotatable bonds is 3. The molecule has 1 unspecified atom stereocenters. The van der Waals surface area contributed by atoms with Gasteiger partial charge in [0.2, 0.25) is 0 Å². The molecule has 0 N–H and O–H groups in total. The molecule has 1 spiro atoms. The van der Waals surface area contributed by atoms with Crippen LogP contribution in [0.4, 0.5) is 22.7 Å². The molecule has 0 fully saturated rings. The molecule has 3 nitrogen and oxygen atoms in total. The number of anilines is 4. The van der Waals surface area contributed by atoms with Crippen molar-refractivity contribution in [3.8, 4) is 16.8 Å². The summed E-state index contributed by atoms with van der Waals surface area (Å²) in [4.78, 5) is 6.89. The van der Waals surface area contributed by atoms with Gasteiger partial charge in [-0.2, -0.15) is 0 Å². The molecular weight excluding hydrogens is 866 g/mol. The first-order chi connectivity index (χ1) is 33.5. The molecule has 5 aliphatic rings. The number of para-hydroxylation sites is 2. The Hall–Kier alpha value is -6.43. The fourth-order valence-corrected chi connectivity index (χ4v) is 14.6. The van der Waals surface area contributed by atoms with Crippen molar-refractivity contribution >= 4 is 74.0 Å². The number of hydrogen-bond donors (Lipinski definition) is 0. The number of thioether (sulfide) groups is 1. The van der Waals surface area contributed by atoms with Crippen molar-refractivity contribution in [3.05, 3.63) is 208 Å². The Morgan fingerprint density at radius 1 is 0.543 bits per heavy atom. The van der Waals surface area contributed by atoms with Gasteiger partial charge in [0.15, 0.2) is 0 Å². The maximum absolute atomic E-state index is 2.72. The highest BCUT2D eigenvalue weighted by Gasteiger charge is 2.56. The van der Waals surface area contributed by atoms with Gasteiger partial charge in [-0.25, -0.2) is 0 Å². The first-order valence-corrected chi connectivity index (χ1v) is 26.4. The highest BCUT2D eigenvalue weighted by Crippen LogP contribution is 2.66. The highest BCUT2D eigenvalue weighted by atomic mass is 32.2. The van der Waals surface area contributed by atoms with E-state index in [1.54, 1.807) is 0 Å². The van der Waals surface area contributed by atoms with Gasteiger partial charge in [-0.05, 0) is 120 Å². The van der Waals surface area contributed by atoms with Gasteiger partial charge in [-0.1, -0.05) is 190 Å². The lowest BCUT2D eigenvalue weighted by atomic mass is 9.36. The quantitative estimate of drug-likeness (QED) is 0.164. The van der Waals surface area contributed by atoms with Crippen LogP contribution in [0.25, 0.3) is 38.6 Å². The number of nitrogens with zero attached hydrogens (tertiary/aromatic N) is 3. The standard InChI is InChI=1S/C65H62BN3S/c1-40-35-42(63(5,6)7)29-33-53(40)69-56-34-30-43(64(8,9)10)36-52(56)66-60-57(37-45(38-58(60)69)68-54-25-17-13-21-48(54)49-22-14-18-26-55(49)68)67(44-31-27-41(28-32-44)62(2,3)4)59-39-65(70-61(59)66)50-23-15-11-19-46(50)47-20-12-16-24-51(47)65/h11-34,36-38,40H,35,39H2,1-10H3. The number of fused-ring (bicyclic) bond motifs is 11. The van der Waals surface area contributed by atoms with Gasteiger partial charge in [0.25, 0.3) is 6.71 Å². The minimum atomic E-state index is -0.285. The van der Waals surface area contributed by atoms with Crippen LogP contribution in [0.15, 0.2) is 186 Å². The first kappa shape index (κ1) is 43.6. The molecule has 70 heavy (non-hydrogen) atoms. The number of benzene rings is 7. The third-order valence-corrected chi connectivity index (χ3v) is 18.0. The van der Waals surface area contributed by atoms with Gasteiger partial charge in [0, 0.05) is 57.3 Å². The SMILES string of the molecule is CC1CC(C(C)(C)C)=CC=C1N1c2ccc(C(C)(C)C)cc2B2C3=C(CC4(S3)c3ccccc3-c3ccccc34)N(c3ccc(C(C)(C)C)cc3)c3cc(-n4c5ccccc5c5ccccc54)cc1c32. The van der Waals surface area contributed by atoms with Crippen molar-refractivity contribution < 1.29 is 0 Å². The maximum Gasteiger partial charge on any atom is 0.259 e. The lowest BCUT2D eigenvalue weighted by molar-refractivity contribution is 0.453. The van der Waals surface area contributed by atoms with Gasteiger partial charge >= 0.3 is 0 Å². The van der Waals surface area contributed by atoms with Crippen molar-refractivity contribution in [2.45, 2.75) is 97.7 Å². The van der Waals surface area contributed by atoms with E-state index in [-0.39, 0.29) is 27.7 Å². The summed E-state index contributed by atoms with van der Waals surface area (Å²) in [5.74, 6) is 0.300. The third-order valence-electron chi connectivity index (χ3n) is 16.4. The Kier molecular flexibility index (Phi) is 9.37. The van der Waals surface area contributed by atoms with Crippen LogP contribution in [0.1, 0.15) is 104 Å². The van der Waals surface area contributed by atoms with Crippen LogP contribution in [-0.2, 0) is 15.6 Å². The van der Waals surface area contributed by atoms with Crippen molar-refractivity contribution in [1.82, 2.24) is 4.57 Å². The largest absolute Gasteiger partial charge is 0.315 e. The summed E-state index contributed by atoms with van der Waals surface area (Å²) in [6.07, 6.45) is 6.83. The van der Waals surface area contributed by atoms with E-state index in [2.05, 4.69) is 259 Å². The average Bonchev–Trinajstić information content (AvgIpc) is 3.99. The maximum atomic E-state index is 2.72. The normalized spacial score (nSPS) is 18.0. The second-order valence-electron chi connectivity index (χ2n) is 23.8. The van der Waals surface area contributed by atoms with Crippen LogP contribution in [0.3, 0.4) is 0 Å². The molecule has 4 heterocycles. The summed E-state index contributed by atoms with van der Waals surface area (Å²) in [6, 6.07) is 58.7. The Morgan fingerprint density at radius 3 is 1.69 bits per heavy atom. The molecular formula is C65H62BN3S. The molecule has 8 aromatic rings. The van der Waals surface area contributed by atoms with Crippen molar-refractivity contribution in [3.63, 3.8) is 0 Å². The molecule has 346 valence electrons. The van der Waals surface area contributed by atoms with Crippen molar-refractivity contribution in [2.24, 2.45) is 11.3 Å². The van der Waals surface area contributed by atoms with E-state index >= 15 is 0 Å². The predicted molar refractivity (Wildman–Crippen MR) is 302 cm³/mol. The molecule has 0 amide bonds. The number of hydrogen-bond acceptors (Lipinski definition) is 3. The van der Waals surface area contributed by atoms with Crippen molar-refractivity contribution in [1.29, 1.82) is 0 Å². The zero-order chi connectivity index (χ0) is 48.2. The van der Waals surface area contributed by atoms with Crippen LogP contribution in [0, 0.1) is 11.3 Å². The van der Waals surface area contributed by atoms with E-state index < -0.39 is 0 Å². The van der Waals surface area contributed by atoms with Gasteiger partial charge in [-0.15, -0.1) is 11.8 Å². The lowest BCUT2D eigenvalue weighted by Gasteiger charge is -2.46. The highest BCUT2D eigenvalue weighted by molar-refractivity contribution is 8.06. The number of allylic oxidation sites excluding steroid dienone is 5. The van der Waals surface area contributed by atoms with E-state index in [4.69, 9.17) is 0 Å². The van der Waals surface area contributed by atoms with Gasteiger partial charge in [0.1, 0.15) is 0 Å². The average molecular weight is 928 g/mol. The van der Waals surface area contributed by atoms with E-state index in [1.165, 1.54) is 116 Å². The summed E-state index contributed by atoms with van der Waals surface area (Å²) < 4.78 is 2.26. The van der Waals surface area contributed by atoms with Gasteiger partial charge in [-0.3, -0.25) is 0 Å². The van der Waals surface area contributed by atoms with Crippen LogP contribution in [0.5, 0.6) is 0 Å². The molecule has 13 rings (SSSR count). The van der Waals surface area contributed by atoms with Crippen LogP contribution < -0.4 is 20.7 Å². The molecule has 0 radical (unpaired) electrons. The monoisotopic (exact) mass is 927 g/mol. The second kappa shape index (κ2) is 15.0. The molecule has 0 saturated heterocycles. The van der Waals surface area contributed by atoms with E-state index in [0.29, 0.717) is 5.92 Å². The minimum absolute atomic E-state index is 0.0234. The van der Waals surface area contributed by atoms with E-state index in [0.717, 1.165) is 12.8 Å². The summed E-state index contributed by atoms with van der Waals surface area (Å²) >= 11 is 2.15. The third kappa shape index (κ3) is 6.29. The predicted octanol–water partition coefficient (Wildman–Crippen LogP) is 16.3. The van der Waals surface area contributed by atoms with Crippen molar-refractivity contribution in [2.75, 3.05) is 9.80 Å². The van der Waals surface area contributed by atoms with Crippen LogP contribution in [0.2, 0.25) is 0 Å². The molecule has 1 atom stereocenters. The second-order valence-corrected chi connectivity index (χ2v) is 25.2. The molecule has 1 aromatic heterocycles.